The van der Waals surface area contributed by atoms with Gasteiger partial charge in [0.15, 0.2) is 0 Å². The summed E-state index contributed by atoms with van der Waals surface area (Å²) in [4.78, 5) is 0. The molecule has 0 heterocycles. The monoisotopic (exact) mass is 346 g/mol. The molecular weight excluding hydrogens is 310 g/mol. The molecule has 2 saturated carbocycles. The zero-order valence-corrected chi connectivity index (χ0v) is 15.5. The Morgan fingerprint density at radius 3 is 1.88 bits per heavy atom. The van der Waals surface area contributed by atoms with Crippen LogP contribution in [0.1, 0.15) is 84.5 Å². The first-order valence-corrected chi connectivity index (χ1v) is 10.1. The first kappa shape index (κ1) is 20.1. The third-order valence-electron chi connectivity index (χ3n) is 6.39. The Balaban J connectivity index is 1.72. The number of aliphatic hydroxyl groups excluding tert-OH is 1. The zero-order valence-electron chi connectivity index (χ0n) is 15.5. The Bertz CT molecular complexity index is 346. The van der Waals surface area contributed by atoms with E-state index < -0.39 is 12.2 Å². The lowest BCUT2D eigenvalue weighted by molar-refractivity contribution is -0.239. The van der Waals surface area contributed by atoms with E-state index in [1.165, 1.54) is 38.5 Å². The number of alkyl halides is 2. The maximum atomic E-state index is 14.0. The van der Waals surface area contributed by atoms with Gasteiger partial charge in [0, 0.05) is 13.0 Å². The van der Waals surface area contributed by atoms with E-state index in [-0.39, 0.29) is 18.9 Å². The quantitative estimate of drug-likeness (QED) is 0.565. The Hall–Kier alpha value is -0.220. The fourth-order valence-electron chi connectivity index (χ4n) is 4.99. The fraction of sp³-hybridized carbons (Fsp3) is 1.00. The lowest BCUT2D eigenvalue weighted by atomic mass is 9.68. The van der Waals surface area contributed by atoms with Crippen LogP contribution in [0.2, 0.25) is 0 Å². The molecule has 0 aliphatic heterocycles. The number of ether oxygens (including phenoxy) is 1. The smallest absolute Gasteiger partial charge is 0.298 e. The van der Waals surface area contributed by atoms with E-state index in [1.54, 1.807) is 6.92 Å². The lowest BCUT2D eigenvalue weighted by Crippen LogP contribution is -2.38. The van der Waals surface area contributed by atoms with Crippen LogP contribution in [0.3, 0.4) is 0 Å². The first-order chi connectivity index (χ1) is 11.5. The Labute approximate surface area is 146 Å². The van der Waals surface area contributed by atoms with Crippen molar-refractivity contribution in [2.75, 3.05) is 6.61 Å². The van der Waals surface area contributed by atoms with Gasteiger partial charge in [-0.05, 0) is 69.1 Å². The van der Waals surface area contributed by atoms with Crippen LogP contribution in [-0.2, 0) is 4.74 Å². The molecule has 0 aromatic rings. The summed E-state index contributed by atoms with van der Waals surface area (Å²) in [6.45, 7) is 4.01. The molecule has 1 unspecified atom stereocenters. The van der Waals surface area contributed by atoms with Crippen molar-refractivity contribution in [3.8, 4) is 0 Å². The van der Waals surface area contributed by atoms with Gasteiger partial charge in [-0.1, -0.05) is 32.6 Å². The molecule has 0 aromatic heterocycles. The molecular formula is C20H36F2O2. The molecule has 24 heavy (non-hydrogen) atoms. The minimum atomic E-state index is -3.12. The Kier molecular flexibility index (Phi) is 7.93. The SMILES string of the molecule is CCCC1CCC(C2CCC(CC(F)(F)C(O)OCC)CC2)CC1. The molecule has 4 heteroatoms. The molecule has 0 aromatic carbocycles. The minimum Gasteiger partial charge on any atom is -0.363 e. The second-order valence-corrected chi connectivity index (χ2v) is 8.12. The molecule has 0 radical (unpaired) electrons. The summed E-state index contributed by atoms with van der Waals surface area (Å²) in [6.07, 6.45) is 9.87. The van der Waals surface area contributed by atoms with Crippen molar-refractivity contribution in [2.24, 2.45) is 23.7 Å². The van der Waals surface area contributed by atoms with Gasteiger partial charge in [0.1, 0.15) is 0 Å². The second-order valence-electron chi connectivity index (χ2n) is 8.12. The van der Waals surface area contributed by atoms with E-state index in [2.05, 4.69) is 6.92 Å². The van der Waals surface area contributed by atoms with Gasteiger partial charge in [-0.3, -0.25) is 0 Å². The van der Waals surface area contributed by atoms with Crippen LogP contribution in [0.15, 0.2) is 0 Å². The van der Waals surface area contributed by atoms with Crippen LogP contribution >= 0.6 is 0 Å². The number of hydrogen-bond donors (Lipinski definition) is 1. The minimum absolute atomic E-state index is 0.0304. The first-order valence-electron chi connectivity index (χ1n) is 10.1. The number of hydrogen-bond acceptors (Lipinski definition) is 2. The highest BCUT2D eigenvalue weighted by molar-refractivity contribution is 4.84. The molecule has 2 aliphatic carbocycles. The van der Waals surface area contributed by atoms with E-state index in [0.29, 0.717) is 0 Å². The molecule has 2 aliphatic rings. The summed E-state index contributed by atoms with van der Waals surface area (Å²) in [6, 6.07) is 0. The van der Waals surface area contributed by atoms with E-state index in [0.717, 1.165) is 43.4 Å². The van der Waals surface area contributed by atoms with Crippen LogP contribution in [0.25, 0.3) is 0 Å². The maximum Gasteiger partial charge on any atom is 0.298 e. The second kappa shape index (κ2) is 9.47. The number of rotatable bonds is 8. The van der Waals surface area contributed by atoms with Gasteiger partial charge in [-0.25, -0.2) is 8.78 Å². The van der Waals surface area contributed by atoms with Crippen molar-refractivity contribution in [1.29, 1.82) is 0 Å². The topological polar surface area (TPSA) is 29.5 Å². The molecule has 0 spiro atoms. The molecule has 2 fully saturated rings. The summed E-state index contributed by atoms with van der Waals surface area (Å²) in [5.74, 6) is -0.585. The summed E-state index contributed by atoms with van der Waals surface area (Å²) >= 11 is 0. The molecule has 0 bridgehead atoms. The molecule has 0 amide bonds. The van der Waals surface area contributed by atoms with Gasteiger partial charge in [0.05, 0.1) is 0 Å². The molecule has 1 atom stereocenters. The van der Waals surface area contributed by atoms with Crippen molar-refractivity contribution in [3.05, 3.63) is 0 Å². The predicted octanol–water partition coefficient (Wildman–Crippen LogP) is 5.78. The third-order valence-corrected chi connectivity index (χ3v) is 6.39. The van der Waals surface area contributed by atoms with Crippen LogP contribution in [0.4, 0.5) is 8.78 Å². The molecule has 0 saturated heterocycles. The van der Waals surface area contributed by atoms with E-state index in [4.69, 9.17) is 4.74 Å². The molecule has 1 N–H and O–H groups in total. The molecule has 142 valence electrons. The summed E-state index contributed by atoms with van der Waals surface area (Å²) in [7, 11) is 0. The Morgan fingerprint density at radius 2 is 1.42 bits per heavy atom. The summed E-state index contributed by atoms with van der Waals surface area (Å²) in [5, 5.41) is 9.46. The van der Waals surface area contributed by atoms with Gasteiger partial charge >= 0.3 is 0 Å². The van der Waals surface area contributed by atoms with Gasteiger partial charge in [0.2, 0.25) is 6.29 Å². The summed E-state index contributed by atoms with van der Waals surface area (Å²) < 4.78 is 32.7. The van der Waals surface area contributed by atoms with Gasteiger partial charge in [-0.15, -0.1) is 0 Å². The maximum absolute atomic E-state index is 14.0. The van der Waals surface area contributed by atoms with E-state index >= 15 is 0 Å². The van der Waals surface area contributed by atoms with Crippen molar-refractivity contribution >= 4 is 0 Å². The zero-order chi connectivity index (χ0) is 17.6. The predicted molar refractivity (Wildman–Crippen MR) is 93.0 cm³/mol. The van der Waals surface area contributed by atoms with E-state index in [9.17, 15) is 13.9 Å². The van der Waals surface area contributed by atoms with Gasteiger partial charge in [0.25, 0.3) is 5.92 Å². The van der Waals surface area contributed by atoms with E-state index in [1.807, 2.05) is 0 Å². The highest BCUT2D eigenvalue weighted by atomic mass is 19.3. The van der Waals surface area contributed by atoms with Crippen LogP contribution < -0.4 is 0 Å². The number of halogens is 2. The molecule has 2 nitrogen and oxygen atoms in total. The van der Waals surface area contributed by atoms with Crippen LogP contribution in [0.5, 0.6) is 0 Å². The van der Waals surface area contributed by atoms with Crippen LogP contribution in [0, 0.1) is 23.7 Å². The van der Waals surface area contributed by atoms with Crippen molar-refractivity contribution < 1.29 is 18.6 Å². The van der Waals surface area contributed by atoms with Gasteiger partial charge < -0.3 is 9.84 Å². The van der Waals surface area contributed by atoms with Crippen LogP contribution in [-0.4, -0.2) is 23.9 Å². The van der Waals surface area contributed by atoms with Crippen molar-refractivity contribution in [3.63, 3.8) is 0 Å². The largest absolute Gasteiger partial charge is 0.363 e. The average molecular weight is 347 g/mol. The van der Waals surface area contributed by atoms with Gasteiger partial charge in [-0.2, -0.15) is 0 Å². The van der Waals surface area contributed by atoms with Crippen molar-refractivity contribution in [1.82, 2.24) is 0 Å². The highest BCUT2D eigenvalue weighted by Gasteiger charge is 2.42. The summed E-state index contributed by atoms with van der Waals surface area (Å²) in [5.41, 5.74) is 0. The third kappa shape index (κ3) is 5.66. The highest BCUT2D eigenvalue weighted by Crippen LogP contribution is 2.44. The van der Waals surface area contributed by atoms with Crippen molar-refractivity contribution in [2.45, 2.75) is 96.7 Å². The molecule has 2 rings (SSSR count). The fourth-order valence-corrected chi connectivity index (χ4v) is 4.99. The standard InChI is InChI=1S/C20H36F2O2/c1-3-5-15-6-10-17(11-7-15)18-12-8-16(9-13-18)14-20(21,22)19(23)24-4-2/h15-19,23H,3-14H2,1-2H3. The number of aliphatic hydroxyl groups is 1. The lowest BCUT2D eigenvalue weighted by Gasteiger charge is -2.38. The average Bonchev–Trinajstić information content (AvgIpc) is 2.56. The Morgan fingerprint density at radius 1 is 0.917 bits per heavy atom. The normalized spacial score (nSPS) is 33.4.